The number of carbonyl (C=O) groups is 1. The maximum atomic E-state index is 11.1. The third kappa shape index (κ3) is 5.69. The molecule has 1 heterocycles. The largest absolute Gasteiger partial charge is 0.366 e. The van der Waals surface area contributed by atoms with Crippen molar-refractivity contribution < 1.29 is 14.2 Å². The zero-order chi connectivity index (χ0) is 17.7. The van der Waals surface area contributed by atoms with E-state index in [9.17, 15) is 14.9 Å². The molecule has 1 atom stereocenters. The zero-order valence-electron chi connectivity index (χ0n) is 13.6. The molecule has 9 nitrogen and oxygen atoms in total. The van der Waals surface area contributed by atoms with Crippen molar-refractivity contribution in [2.24, 2.45) is 5.73 Å². The Kier molecular flexibility index (Phi) is 7.81. The van der Waals surface area contributed by atoms with E-state index in [0.717, 1.165) is 0 Å². The number of nitro benzene ring substituents is 1. The average molecular weight is 388 g/mol. The second-order valence-corrected chi connectivity index (χ2v) is 6.11. The molecule has 1 aromatic heterocycles. The first-order valence-electron chi connectivity index (χ1n) is 7.10. The van der Waals surface area contributed by atoms with Crippen molar-refractivity contribution in [3.8, 4) is 0 Å². The monoisotopic (exact) mass is 387 g/mol. The lowest BCUT2D eigenvalue weighted by Crippen LogP contribution is -2.24. The minimum atomic E-state index is -0.713. The third-order valence-corrected chi connectivity index (χ3v) is 4.33. The van der Waals surface area contributed by atoms with Crippen LogP contribution in [0.15, 0.2) is 27.6 Å². The van der Waals surface area contributed by atoms with Gasteiger partial charge < -0.3 is 15.6 Å². The van der Waals surface area contributed by atoms with E-state index in [4.69, 9.17) is 10.3 Å². The zero-order valence-corrected chi connectivity index (χ0v) is 15.2. The van der Waals surface area contributed by atoms with Crippen molar-refractivity contribution >= 4 is 35.8 Å². The number of rotatable bonds is 8. The smallest absolute Gasteiger partial charge is 0.283 e. The summed E-state index contributed by atoms with van der Waals surface area (Å²) >= 11 is 1.18. The number of nitrogens with zero attached hydrogens (tertiary/aromatic N) is 3. The number of nitrogens with one attached hydrogen (secondary N) is 1. The lowest BCUT2D eigenvalue weighted by Gasteiger charge is -2.04. The second kappa shape index (κ2) is 9.35. The normalized spacial score (nSPS) is 11.6. The van der Waals surface area contributed by atoms with Gasteiger partial charge in [-0.3, -0.25) is 14.9 Å². The number of thioether (sulfide) groups is 1. The fourth-order valence-corrected chi connectivity index (χ4v) is 2.72. The van der Waals surface area contributed by atoms with E-state index in [0.29, 0.717) is 23.0 Å². The molecule has 0 spiro atoms. The Bertz CT molecular complexity index is 755. The molecule has 11 heteroatoms. The van der Waals surface area contributed by atoms with Crippen LogP contribution < -0.4 is 11.1 Å². The van der Waals surface area contributed by atoms with Gasteiger partial charge in [-0.05, 0) is 26.1 Å². The first kappa shape index (κ1) is 20.9. The molecule has 2 rings (SSSR count). The number of halogens is 1. The fraction of sp³-hybridized carbons (Fsp3) is 0.357. The standard InChI is InChI=1S/C14H17N5O4S.ClH/c1-8(16-2)5-12-17-13(23-18-12)7-24-11-4-3-9(14(15)20)6-10(11)19(21)22;/h3-4,6,8,16H,5,7H2,1-2H3,(H2,15,20);1H. The van der Waals surface area contributed by atoms with Crippen molar-refractivity contribution in [2.75, 3.05) is 7.05 Å². The molecule has 0 fully saturated rings. The maximum absolute atomic E-state index is 11.1. The van der Waals surface area contributed by atoms with E-state index in [-0.39, 0.29) is 35.5 Å². The van der Waals surface area contributed by atoms with Gasteiger partial charge in [-0.1, -0.05) is 5.16 Å². The highest BCUT2D eigenvalue weighted by atomic mass is 35.5. The highest BCUT2D eigenvalue weighted by Gasteiger charge is 2.18. The van der Waals surface area contributed by atoms with E-state index in [1.165, 1.54) is 30.0 Å². The van der Waals surface area contributed by atoms with Crippen LogP contribution in [-0.2, 0) is 12.2 Å². The molecule has 1 aromatic carbocycles. The quantitative estimate of drug-likeness (QED) is 0.398. The van der Waals surface area contributed by atoms with Crippen LogP contribution >= 0.6 is 24.2 Å². The van der Waals surface area contributed by atoms with Gasteiger partial charge in [0.05, 0.1) is 15.6 Å². The van der Waals surface area contributed by atoms with Gasteiger partial charge >= 0.3 is 0 Å². The molecule has 0 aliphatic rings. The topological polar surface area (TPSA) is 137 Å². The van der Waals surface area contributed by atoms with Crippen LogP contribution in [0.1, 0.15) is 29.0 Å². The summed E-state index contributed by atoms with van der Waals surface area (Å²) in [6.45, 7) is 1.99. The molecular weight excluding hydrogens is 370 g/mol. The summed E-state index contributed by atoms with van der Waals surface area (Å²) in [7, 11) is 1.84. The van der Waals surface area contributed by atoms with Crippen molar-refractivity contribution in [1.82, 2.24) is 15.5 Å². The SMILES string of the molecule is CNC(C)Cc1noc(CSc2ccc(C(N)=O)cc2[N+](=O)[O-])n1.Cl. The fourth-order valence-electron chi connectivity index (χ4n) is 1.88. The van der Waals surface area contributed by atoms with Crippen molar-refractivity contribution in [1.29, 1.82) is 0 Å². The molecule has 25 heavy (non-hydrogen) atoms. The number of benzene rings is 1. The number of amides is 1. The number of likely N-dealkylation sites (N-methyl/N-ethyl adjacent to an activating group) is 1. The summed E-state index contributed by atoms with van der Waals surface area (Å²) < 4.78 is 5.14. The third-order valence-electron chi connectivity index (χ3n) is 3.28. The Labute approximate surface area is 154 Å². The predicted molar refractivity (Wildman–Crippen MR) is 94.9 cm³/mol. The number of primary amides is 1. The molecular formula is C14H18ClN5O4S. The van der Waals surface area contributed by atoms with Gasteiger partial charge in [0, 0.05) is 24.1 Å². The van der Waals surface area contributed by atoms with Gasteiger partial charge in [0.2, 0.25) is 11.8 Å². The summed E-state index contributed by atoms with van der Waals surface area (Å²) in [5.74, 6) is 0.532. The van der Waals surface area contributed by atoms with Gasteiger partial charge in [-0.25, -0.2) is 0 Å². The Hall–Kier alpha value is -2.17. The lowest BCUT2D eigenvalue weighted by molar-refractivity contribution is -0.387. The van der Waals surface area contributed by atoms with Gasteiger partial charge in [-0.2, -0.15) is 4.98 Å². The molecule has 3 N–H and O–H groups in total. The number of hydrogen-bond acceptors (Lipinski definition) is 8. The van der Waals surface area contributed by atoms with E-state index < -0.39 is 10.8 Å². The molecule has 1 amide bonds. The first-order valence-corrected chi connectivity index (χ1v) is 8.09. The van der Waals surface area contributed by atoms with Crippen molar-refractivity contribution in [3.63, 3.8) is 0 Å². The van der Waals surface area contributed by atoms with Crippen LogP contribution in [0, 0.1) is 10.1 Å². The van der Waals surface area contributed by atoms with E-state index in [2.05, 4.69) is 15.5 Å². The minimum absolute atomic E-state index is 0. The molecule has 0 bridgehead atoms. The van der Waals surface area contributed by atoms with Crippen LogP contribution in [-0.4, -0.2) is 34.1 Å². The van der Waals surface area contributed by atoms with Gasteiger partial charge in [0.15, 0.2) is 5.82 Å². The summed E-state index contributed by atoms with van der Waals surface area (Å²) in [6.07, 6.45) is 0.623. The first-order chi connectivity index (χ1) is 11.4. The van der Waals surface area contributed by atoms with E-state index >= 15 is 0 Å². The molecule has 0 aliphatic carbocycles. The van der Waals surface area contributed by atoms with E-state index in [1.807, 2.05) is 14.0 Å². The Morgan fingerprint density at radius 2 is 2.24 bits per heavy atom. The highest BCUT2D eigenvalue weighted by molar-refractivity contribution is 7.98. The molecule has 0 saturated carbocycles. The van der Waals surface area contributed by atoms with Gasteiger partial charge in [-0.15, -0.1) is 24.2 Å². The summed E-state index contributed by atoms with van der Waals surface area (Å²) in [6, 6.07) is 4.32. The van der Waals surface area contributed by atoms with Crippen molar-refractivity contribution in [3.05, 3.63) is 45.6 Å². The summed E-state index contributed by atoms with van der Waals surface area (Å²) in [5, 5.41) is 18.1. The van der Waals surface area contributed by atoms with Crippen molar-refractivity contribution in [2.45, 2.75) is 30.0 Å². The molecule has 1 unspecified atom stereocenters. The summed E-state index contributed by atoms with van der Waals surface area (Å²) in [5.41, 5.74) is 5.05. The second-order valence-electron chi connectivity index (χ2n) is 5.09. The predicted octanol–water partition coefficient (Wildman–Crippen LogP) is 1.94. The Morgan fingerprint density at radius 3 is 2.84 bits per heavy atom. The molecule has 0 radical (unpaired) electrons. The molecule has 136 valence electrons. The molecule has 2 aromatic rings. The average Bonchev–Trinajstić information content (AvgIpc) is 2.99. The van der Waals surface area contributed by atoms with Crippen LogP contribution in [0.25, 0.3) is 0 Å². The number of carbonyl (C=O) groups excluding carboxylic acids is 1. The number of nitrogens with two attached hydrogens (primary N) is 1. The molecule has 0 aliphatic heterocycles. The number of hydrogen-bond donors (Lipinski definition) is 2. The highest BCUT2D eigenvalue weighted by Crippen LogP contribution is 2.32. The van der Waals surface area contributed by atoms with Crippen LogP contribution in [0.4, 0.5) is 5.69 Å². The van der Waals surface area contributed by atoms with Gasteiger partial charge in [0.25, 0.3) is 5.69 Å². The van der Waals surface area contributed by atoms with Crippen LogP contribution in [0.3, 0.4) is 0 Å². The number of aromatic nitrogens is 2. The lowest BCUT2D eigenvalue weighted by atomic mass is 10.2. The Balaban J connectivity index is 0.00000312. The van der Waals surface area contributed by atoms with Crippen LogP contribution in [0.5, 0.6) is 0 Å². The Morgan fingerprint density at radius 1 is 1.52 bits per heavy atom. The minimum Gasteiger partial charge on any atom is -0.366 e. The maximum Gasteiger partial charge on any atom is 0.283 e. The summed E-state index contributed by atoms with van der Waals surface area (Å²) in [4.78, 5) is 26.4. The van der Waals surface area contributed by atoms with Gasteiger partial charge in [0.1, 0.15) is 0 Å². The molecule has 0 saturated heterocycles. The number of nitro groups is 1. The van der Waals surface area contributed by atoms with E-state index in [1.54, 1.807) is 0 Å². The van der Waals surface area contributed by atoms with Crippen LogP contribution in [0.2, 0.25) is 0 Å².